The van der Waals surface area contributed by atoms with Crippen LogP contribution in [0.1, 0.15) is 33.1 Å². The first-order chi connectivity index (χ1) is 7.19. The number of aliphatic hydroxyl groups is 2. The average molecular weight is 217 g/mol. The molecule has 4 nitrogen and oxygen atoms in total. The fraction of sp³-hybridized carbons (Fsp3) is 1.00. The third-order valence-electron chi connectivity index (χ3n) is 3.29. The lowest BCUT2D eigenvalue weighted by molar-refractivity contribution is -0.0282. The van der Waals surface area contributed by atoms with Gasteiger partial charge in [0.15, 0.2) is 0 Å². The summed E-state index contributed by atoms with van der Waals surface area (Å²) >= 11 is 0. The monoisotopic (exact) mass is 217 g/mol. The van der Waals surface area contributed by atoms with Crippen molar-refractivity contribution < 1.29 is 14.9 Å². The molecule has 90 valence electrons. The van der Waals surface area contributed by atoms with Crippen LogP contribution >= 0.6 is 0 Å². The highest BCUT2D eigenvalue weighted by Crippen LogP contribution is 2.26. The van der Waals surface area contributed by atoms with Crippen molar-refractivity contribution >= 4 is 0 Å². The summed E-state index contributed by atoms with van der Waals surface area (Å²) in [5, 5.41) is 21.8. The zero-order valence-corrected chi connectivity index (χ0v) is 9.70. The van der Waals surface area contributed by atoms with Crippen LogP contribution in [0.5, 0.6) is 0 Å². The summed E-state index contributed by atoms with van der Waals surface area (Å²) in [6.45, 7) is 4.69. The van der Waals surface area contributed by atoms with E-state index in [0.717, 1.165) is 25.9 Å². The summed E-state index contributed by atoms with van der Waals surface area (Å²) in [7, 11) is 0. The molecular weight excluding hydrogens is 194 g/mol. The standard InChI is InChI=1S/C11H23NO3/c1-3-11(7-13,8-14)12-9-5-10(6-9)15-4-2/h9-10,12-14H,3-8H2,1-2H3. The van der Waals surface area contributed by atoms with Crippen molar-refractivity contribution in [3.8, 4) is 0 Å². The van der Waals surface area contributed by atoms with Crippen LogP contribution in [-0.4, -0.2) is 47.7 Å². The molecule has 0 aliphatic heterocycles. The lowest BCUT2D eigenvalue weighted by Gasteiger charge is -2.42. The molecule has 0 aromatic rings. The fourth-order valence-corrected chi connectivity index (χ4v) is 1.96. The fourth-order valence-electron chi connectivity index (χ4n) is 1.96. The molecule has 1 rings (SSSR count). The van der Waals surface area contributed by atoms with Gasteiger partial charge in [-0.1, -0.05) is 6.92 Å². The number of nitrogens with one attached hydrogen (secondary N) is 1. The molecule has 0 aromatic carbocycles. The van der Waals surface area contributed by atoms with Gasteiger partial charge in [-0.2, -0.15) is 0 Å². The highest BCUT2D eigenvalue weighted by Gasteiger charge is 2.36. The summed E-state index contributed by atoms with van der Waals surface area (Å²) in [6, 6.07) is 0.376. The minimum absolute atomic E-state index is 0.0181. The van der Waals surface area contributed by atoms with Crippen molar-refractivity contribution in [2.45, 2.75) is 50.8 Å². The molecule has 1 aliphatic rings. The third-order valence-corrected chi connectivity index (χ3v) is 3.29. The van der Waals surface area contributed by atoms with Gasteiger partial charge < -0.3 is 20.3 Å². The minimum Gasteiger partial charge on any atom is -0.394 e. The topological polar surface area (TPSA) is 61.7 Å². The van der Waals surface area contributed by atoms with E-state index in [9.17, 15) is 10.2 Å². The van der Waals surface area contributed by atoms with Crippen LogP contribution in [0, 0.1) is 0 Å². The van der Waals surface area contributed by atoms with E-state index in [0.29, 0.717) is 12.1 Å². The molecule has 0 aromatic heterocycles. The SMILES string of the molecule is CCOC1CC(NC(CC)(CO)CO)C1. The normalized spacial score (nSPS) is 26.4. The summed E-state index contributed by atoms with van der Waals surface area (Å²) in [4.78, 5) is 0. The number of ether oxygens (including phenoxy) is 1. The maximum Gasteiger partial charge on any atom is 0.0647 e. The van der Waals surface area contributed by atoms with Gasteiger partial charge in [0, 0.05) is 12.6 Å². The Morgan fingerprint density at radius 2 is 1.87 bits per heavy atom. The summed E-state index contributed by atoms with van der Waals surface area (Å²) in [5.41, 5.74) is -0.512. The predicted molar refractivity (Wildman–Crippen MR) is 58.8 cm³/mol. The Labute approximate surface area is 91.6 Å². The van der Waals surface area contributed by atoms with Crippen molar-refractivity contribution in [1.82, 2.24) is 5.32 Å². The van der Waals surface area contributed by atoms with Crippen LogP contribution in [0.2, 0.25) is 0 Å². The van der Waals surface area contributed by atoms with E-state index >= 15 is 0 Å². The van der Waals surface area contributed by atoms with Crippen molar-refractivity contribution in [2.24, 2.45) is 0 Å². The second-order valence-electron chi connectivity index (χ2n) is 4.34. The Balaban J connectivity index is 2.29. The second-order valence-corrected chi connectivity index (χ2v) is 4.34. The van der Waals surface area contributed by atoms with E-state index in [4.69, 9.17) is 4.74 Å². The summed E-state index contributed by atoms with van der Waals surface area (Å²) < 4.78 is 5.46. The number of aliphatic hydroxyl groups excluding tert-OH is 2. The largest absolute Gasteiger partial charge is 0.394 e. The molecule has 0 radical (unpaired) electrons. The number of hydrogen-bond acceptors (Lipinski definition) is 4. The molecule has 1 fully saturated rings. The highest BCUT2D eigenvalue weighted by molar-refractivity contribution is 4.95. The zero-order chi connectivity index (χ0) is 11.3. The van der Waals surface area contributed by atoms with Crippen LogP contribution in [0.3, 0.4) is 0 Å². The van der Waals surface area contributed by atoms with Gasteiger partial charge in [-0.25, -0.2) is 0 Å². The Kier molecular flexibility index (Phi) is 4.99. The first-order valence-corrected chi connectivity index (χ1v) is 5.80. The molecule has 0 atom stereocenters. The lowest BCUT2D eigenvalue weighted by Crippen LogP contribution is -2.59. The number of hydrogen-bond donors (Lipinski definition) is 3. The second kappa shape index (κ2) is 5.80. The van der Waals surface area contributed by atoms with Gasteiger partial charge in [-0.15, -0.1) is 0 Å². The van der Waals surface area contributed by atoms with Crippen molar-refractivity contribution in [1.29, 1.82) is 0 Å². The maximum absolute atomic E-state index is 9.26. The van der Waals surface area contributed by atoms with Crippen LogP contribution in [0.4, 0.5) is 0 Å². The van der Waals surface area contributed by atoms with E-state index in [1.807, 2.05) is 13.8 Å². The molecule has 0 unspecified atom stereocenters. The van der Waals surface area contributed by atoms with E-state index in [1.54, 1.807) is 0 Å². The predicted octanol–water partition coefficient (Wildman–Crippen LogP) is 0.277. The molecule has 0 amide bonds. The van der Waals surface area contributed by atoms with Gasteiger partial charge >= 0.3 is 0 Å². The van der Waals surface area contributed by atoms with Gasteiger partial charge in [0.05, 0.1) is 24.9 Å². The third kappa shape index (κ3) is 3.14. The van der Waals surface area contributed by atoms with E-state index in [2.05, 4.69) is 5.32 Å². The molecular formula is C11H23NO3. The van der Waals surface area contributed by atoms with Crippen molar-refractivity contribution in [3.05, 3.63) is 0 Å². The van der Waals surface area contributed by atoms with Crippen molar-refractivity contribution in [2.75, 3.05) is 19.8 Å². The molecule has 3 N–H and O–H groups in total. The maximum atomic E-state index is 9.26. The molecule has 0 spiro atoms. The number of rotatable bonds is 7. The smallest absolute Gasteiger partial charge is 0.0647 e. The highest BCUT2D eigenvalue weighted by atomic mass is 16.5. The molecule has 0 saturated heterocycles. The molecule has 0 heterocycles. The van der Waals surface area contributed by atoms with Crippen LogP contribution in [-0.2, 0) is 4.74 Å². The van der Waals surface area contributed by atoms with Crippen molar-refractivity contribution in [3.63, 3.8) is 0 Å². The van der Waals surface area contributed by atoms with Crippen LogP contribution in [0.25, 0.3) is 0 Å². The van der Waals surface area contributed by atoms with Crippen LogP contribution in [0.15, 0.2) is 0 Å². The van der Waals surface area contributed by atoms with E-state index in [1.165, 1.54) is 0 Å². The molecule has 0 bridgehead atoms. The molecule has 15 heavy (non-hydrogen) atoms. The van der Waals surface area contributed by atoms with Gasteiger partial charge in [0.25, 0.3) is 0 Å². The Bertz CT molecular complexity index is 168. The summed E-state index contributed by atoms with van der Waals surface area (Å²) in [5.74, 6) is 0. The zero-order valence-electron chi connectivity index (χ0n) is 9.70. The van der Waals surface area contributed by atoms with Gasteiger partial charge in [-0.05, 0) is 26.2 Å². The van der Waals surface area contributed by atoms with Gasteiger partial charge in [0.2, 0.25) is 0 Å². The first-order valence-electron chi connectivity index (χ1n) is 5.80. The first kappa shape index (κ1) is 12.9. The molecule has 1 aliphatic carbocycles. The average Bonchev–Trinajstić information content (AvgIpc) is 2.22. The quantitative estimate of drug-likeness (QED) is 0.573. The Morgan fingerprint density at radius 1 is 1.27 bits per heavy atom. The van der Waals surface area contributed by atoms with Crippen LogP contribution < -0.4 is 5.32 Å². The van der Waals surface area contributed by atoms with Gasteiger partial charge in [0.1, 0.15) is 0 Å². The Morgan fingerprint density at radius 3 is 2.27 bits per heavy atom. The Hall–Kier alpha value is -0.160. The molecule has 4 heteroatoms. The van der Waals surface area contributed by atoms with E-state index < -0.39 is 5.54 Å². The minimum atomic E-state index is -0.512. The van der Waals surface area contributed by atoms with Gasteiger partial charge in [-0.3, -0.25) is 0 Å². The van der Waals surface area contributed by atoms with E-state index in [-0.39, 0.29) is 13.2 Å². The molecule has 1 saturated carbocycles. The summed E-state index contributed by atoms with van der Waals surface area (Å²) in [6.07, 6.45) is 3.06. The lowest BCUT2D eigenvalue weighted by atomic mass is 9.85.